The van der Waals surface area contributed by atoms with Crippen LogP contribution in [0.3, 0.4) is 0 Å². The molecule has 0 saturated carbocycles. The predicted molar refractivity (Wildman–Crippen MR) is 105 cm³/mol. The van der Waals surface area contributed by atoms with E-state index in [1.807, 2.05) is 32.3 Å². The van der Waals surface area contributed by atoms with E-state index in [0.29, 0.717) is 24.1 Å². The quantitative estimate of drug-likeness (QED) is 0.725. The highest BCUT2D eigenvalue weighted by atomic mass is 16.5. The Bertz CT molecular complexity index is 999. The average Bonchev–Trinajstić information content (AvgIpc) is 3.37. The van der Waals surface area contributed by atoms with Crippen LogP contribution in [0.25, 0.3) is 22.2 Å². The molecule has 1 atom stereocenters. The lowest BCUT2D eigenvalue weighted by atomic mass is 10.1. The Morgan fingerprint density at radius 1 is 1.41 bits per heavy atom. The van der Waals surface area contributed by atoms with Crippen LogP contribution in [0.4, 0.5) is 5.82 Å². The van der Waals surface area contributed by atoms with E-state index in [-0.39, 0.29) is 0 Å². The first-order valence-electron chi connectivity index (χ1n) is 9.17. The third kappa shape index (κ3) is 3.09. The molecule has 4 rings (SSSR count). The van der Waals surface area contributed by atoms with E-state index in [1.54, 1.807) is 12.3 Å². The predicted octanol–water partition coefficient (Wildman–Crippen LogP) is 2.69. The van der Waals surface area contributed by atoms with Crippen LogP contribution in [-0.2, 0) is 0 Å². The molecule has 1 saturated heterocycles. The van der Waals surface area contributed by atoms with E-state index in [2.05, 4.69) is 26.3 Å². The van der Waals surface area contributed by atoms with Gasteiger partial charge in [-0.15, -0.1) is 0 Å². The Morgan fingerprint density at radius 3 is 3.04 bits per heavy atom. The van der Waals surface area contributed by atoms with Gasteiger partial charge < -0.3 is 19.9 Å². The molecule has 0 bridgehead atoms. The molecule has 0 radical (unpaired) electrons. The SMILES string of the molecule is CCOc1nc(-c2c[nH]c3c(C#N)cccc23)cnc1N(C)C1CCNC1. The second-order valence-electron chi connectivity index (χ2n) is 6.62. The second kappa shape index (κ2) is 7.25. The minimum absolute atomic E-state index is 0.385. The third-order valence-electron chi connectivity index (χ3n) is 5.03. The smallest absolute Gasteiger partial charge is 0.258 e. The number of fused-ring (bicyclic) bond motifs is 1. The fourth-order valence-electron chi connectivity index (χ4n) is 3.57. The maximum Gasteiger partial charge on any atom is 0.258 e. The van der Waals surface area contributed by atoms with Gasteiger partial charge in [0.15, 0.2) is 5.82 Å². The number of nitrogens with zero attached hydrogens (tertiary/aromatic N) is 4. The average molecular weight is 362 g/mol. The molecule has 1 aliphatic rings. The highest BCUT2D eigenvalue weighted by Crippen LogP contribution is 2.33. The Balaban J connectivity index is 1.76. The van der Waals surface area contributed by atoms with Gasteiger partial charge in [0, 0.05) is 36.8 Å². The van der Waals surface area contributed by atoms with E-state index >= 15 is 0 Å². The van der Waals surface area contributed by atoms with Crippen LogP contribution >= 0.6 is 0 Å². The van der Waals surface area contributed by atoms with Gasteiger partial charge in [0.25, 0.3) is 5.88 Å². The van der Waals surface area contributed by atoms with Crippen molar-refractivity contribution in [3.8, 4) is 23.2 Å². The van der Waals surface area contributed by atoms with Gasteiger partial charge in [0.1, 0.15) is 6.07 Å². The van der Waals surface area contributed by atoms with Crippen molar-refractivity contribution < 1.29 is 4.74 Å². The molecule has 0 aliphatic carbocycles. The number of hydrogen-bond acceptors (Lipinski definition) is 6. The number of likely N-dealkylation sites (N-methyl/N-ethyl adjacent to an activating group) is 1. The van der Waals surface area contributed by atoms with E-state index in [4.69, 9.17) is 9.72 Å². The number of H-pyrrole nitrogens is 1. The zero-order valence-corrected chi connectivity index (χ0v) is 15.5. The maximum atomic E-state index is 9.30. The van der Waals surface area contributed by atoms with E-state index in [0.717, 1.165) is 47.5 Å². The van der Waals surface area contributed by atoms with Crippen LogP contribution in [0.15, 0.2) is 30.6 Å². The first-order valence-corrected chi connectivity index (χ1v) is 9.17. The van der Waals surface area contributed by atoms with Crippen molar-refractivity contribution in [3.05, 3.63) is 36.2 Å². The highest BCUT2D eigenvalue weighted by Gasteiger charge is 2.24. The second-order valence-corrected chi connectivity index (χ2v) is 6.62. The van der Waals surface area contributed by atoms with Crippen LogP contribution < -0.4 is 15.0 Å². The standard InChI is InChI=1S/C20H22N6O/c1-3-27-20-19(26(2)14-7-8-22-10-14)24-12-17(25-20)16-11-23-18-13(9-21)5-4-6-15(16)18/h4-6,11-12,14,22-23H,3,7-8,10H2,1-2H3. The minimum atomic E-state index is 0.385. The van der Waals surface area contributed by atoms with Gasteiger partial charge in [-0.1, -0.05) is 12.1 Å². The number of hydrogen-bond donors (Lipinski definition) is 2. The number of aromatic amines is 1. The Labute approximate surface area is 158 Å². The van der Waals surface area contributed by atoms with Crippen molar-refractivity contribution in [2.75, 3.05) is 31.6 Å². The lowest BCUT2D eigenvalue weighted by molar-refractivity contribution is 0.325. The Morgan fingerprint density at radius 2 is 2.30 bits per heavy atom. The number of rotatable bonds is 5. The summed E-state index contributed by atoms with van der Waals surface area (Å²) in [7, 11) is 2.04. The van der Waals surface area contributed by atoms with Crippen LogP contribution in [0.5, 0.6) is 5.88 Å². The van der Waals surface area contributed by atoms with Crippen molar-refractivity contribution in [1.29, 1.82) is 5.26 Å². The number of nitrogens with one attached hydrogen (secondary N) is 2. The summed E-state index contributed by atoms with van der Waals surface area (Å²) in [5.41, 5.74) is 3.06. The number of benzene rings is 1. The molecule has 3 heterocycles. The number of anilines is 1. The molecule has 138 valence electrons. The molecule has 7 nitrogen and oxygen atoms in total. The monoisotopic (exact) mass is 362 g/mol. The highest BCUT2D eigenvalue weighted by molar-refractivity contribution is 5.97. The van der Waals surface area contributed by atoms with Crippen LogP contribution in [-0.4, -0.2) is 47.7 Å². The number of nitriles is 1. The summed E-state index contributed by atoms with van der Waals surface area (Å²) < 4.78 is 5.82. The summed E-state index contributed by atoms with van der Waals surface area (Å²) in [5, 5.41) is 13.6. The zero-order chi connectivity index (χ0) is 18.8. The number of para-hydroxylation sites is 1. The first-order chi connectivity index (χ1) is 13.2. The van der Waals surface area contributed by atoms with Crippen molar-refractivity contribution in [2.24, 2.45) is 0 Å². The van der Waals surface area contributed by atoms with Crippen molar-refractivity contribution in [3.63, 3.8) is 0 Å². The summed E-state index contributed by atoms with van der Waals surface area (Å²) >= 11 is 0. The Kier molecular flexibility index (Phi) is 4.65. The molecular formula is C20H22N6O. The van der Waals surface area contributed by atoms with Crippen LogP contribution in [0.2, 0.25) is 0 Å². The fourth-order valence-corrected chi connectivity index (χ4v) is 3.57. The molecule has 1 fully saturated rings. The molecular weight excluding hydrogens is 340 g/mol. The van der Waals surface area contributed by atoms with Gasteiger partial charge in [-0.05, 0) is 26.0 Å². The fraction of sp³-hybridized carbons (Fsp3) is 0.350. The van der Waals surface area contributed by atoms with E-state index in [9.17, 15) is 5.26 Å². The van der Waals surface area contributed by atoms with Gasteiger partial charge in [-0.3, -0.25) is 0 Å². The molecule has 7 heteroatoms. The van der Waals surface area contributed by atoms with Crippen LogP contribution in [0.1, 0.15) is 18.9 Å². The summed E-state index contributed by atoms with van der Waals surface area (Å²) in [5.74, 6) is 1.29. The largest absolute Gasteiger partial charge is 0.475 e. The molecule has 3 aromatic rings. The molecule has 1 aromatic carbocycles. The topological polar surface area (TPSA) is 89.9 Å². The van der Waals surface area contributed by atoms with Gasteiger partial charge in [-0.25, -0.2) is 9.97 Å². The van der Waals surface area contributed by atoms with Gasteiger partial charge in [0.05, 0.1) is 29.6 Å². The molecule has 0 spiro atoms. The van der Waals surface area contributed by atoms with Crippen molar-refractivity contribution in [1.82, 2.24) is 20.3 Å². The molecule has 0 amide bonds. The lowest BCUT2D eigenvalue weighted by Gasteiger charge is -2.26. The number of ether oxygens (including phenoxy) is 1. The zero-order valence-electron chi connectivity index (χ0n) is 15.5. The molecule has 27 heavy (non-hydrogen) atoms. The Hall–Kier alpha value is -3.11. The summed E-state index contributed by atoms with van der Waals surface area (Å²) in [4.78, 5) is 14.8. The van der Waals surface area contributed by atoms with Crippen molar-refractivity contribution in [2.45, 2.75) is 19.4 Å². The molecule has 1 unspecified atom stereocenters. The van der Waals surface area contributed by atoms with Gasteiger partial charge >= 0.3 is 0 Å². The summed E-state index contributed by atoms with van der Waals surface area (Å²) in [6, 6.07) is 8.26. The van der Waals surface area contributed by atoms with E-state index in [1.165, 1.54) is 0 Å². The number of aromatic nitrogens is 3. The maximum absolute atomic E-state index is 9.30. The molecule has 2 aromatic heterocycles. The van der Waals surface area contributed by atoms with E-state index < -0.39 is 0 Å². The van der Waals surface area contributed by atoms with Crippen LogP contribution in [0, 0.1) is 11.3 Å². The molecule has 1 aliphatic heterocycles. The lowest BCUT2D eigenvalue weighted by Crippen LogP contribution is -2.34. The van der Waals surface area contributed by atoms with Crippen molar-refractivity contribution >= 4 is 16.7 Å². The first kappa shape index (κ1) is 17.3. The summed E-state index contributed by atoms with van der Waals surface area (Å²) in [6.07, 6.45) is 4.72. The minimum Gasteiger partial charge on any atom is -0.475 e. The normalized spacial score (nSPS) is 16.4. The van der Waals surface area contributed by atoms with Gasteiger partial charge in [-0.2, -0.15) is 5.26 Å². The third-order valence-corrected chi connectivity index (χ3v) is 5.03. The summed E-state index contributed by atoms with van der Waals surface area (Å²) in [6.45, 7) is 4.42. The van der Waals surface area contributed by atoms with Gasteiger partial charge in [0.2, 0.25) is 0 Å². The molecule has 2 N–H and O–H groups in total.